The lowest BCUT2D eigenvalue weighted by molar-refractivity contribution is -0.127. The number of benzene rings is 1. The highest BCUT2D eigenvalue weighted by molar-refractivity contribution is 5.81. The van der Waals surface area contributed by atoms with Crippen molar-refractivity contribution in [3.63, 3.8) is 0 Å². The van der Waals surface area contributed by atoms with Gasteiger partial charge in [-0.3, -0.25) is 9.69 Å². The molecule has 3 rings (SSSR count). The molecule has 26 heavy (non-hydrogen) atoms. The molecule has 0 bridgehead atoms. The predicted octanol–water partition coefficient (Wildman–Crippen LogP) is 3.45. The molecule has 0 spiro atoms. The molecule has 4 atom stereocenters. The minimum atomic E-state index is -0.0431. The van der Waals surface area contributed by atoms with E-state index in [0.29, 0.717) is 17.9 Å². The molecule has 0 unspecified atom stereocenters. The average Bonchev–Trinajstić information content (AvgIpc) is 2.65. The van der Waals surface area contributed by atoms with Crippen molar-refractivity contribution in [2.45, 2.75) is 59.0 Å². The standard InChI is InChI=1S/C22H35N3O/c1-16-9-7-10-20(18(16)3)23-22(26)19(4)24-12-14-25(15-13-24)21-11-6-5-8-17(21)2/h5-6,8,11,16,18-20H,7,9-10,12-15H2,1-4H3,(H,23,26)/t16-,18-,19+,20-/m0/s1. The molecule has 1 aliphatic heterocycles. The summed E-state index contributed by atoms with van der Waals surface area (Å²) in [5.74, 6) is 1.50. The van der Waals surface area contributed by atoms with E-state index in [0.717, 1.165) is 32.6 Å². The predicted molar refractivity (Wildman–Crippen MR) is 109 cm³/mol. The molecule has 4 nitrogen and oxygen atoms in total. The van der Waals surface area contributed by atoms with E-state index in [1.54, 1.807) is 0 Å². The van der Waals surface area contributed by atoms with Crippen molar-refractivity contribution in [1.82, 2.24) is 10.2 Å². The average molecular weight is 358 g/mol. The molecule has 0 radical (unpaired) electrons. The van der Waals surface area contributed by atoms with Crippen molar-refractivity contribution in [2.75, 3.05) is 31.1 Å². The van der Waals surface area contributed by atoms with E-state index in [1.807, 2.05) is 0 Å². The molecule has 1 saturated heterocycles. The highest BCUT2D eigenvalue weighted by Gasteiger charge is 2.31. The summed E-state index contributed by atoms with van der Waals surface area (Å²) in [5, 5.41) is 3.35. The van der Waals surface area contributed by atoms with Crippen LogP contribution in [-0.4, -0.2) is 49.1 Å². The van der Waals surface area contributed by atoms with Gasteiger partial charge < -0.3 is 10.2 Å². The van der Waals surface area contributed by atoms with Crippen LogP contribution in [0.4, 0.5) is 5.69 Å². The first-order valence-corrected chi connectivity index (χ1v) is 10.3. The van der Waals surface area contributed by atoms with Gasteiger partial charge in [-0.2, -0.15) is 0 Å². The lowest BCUT2D eigenvalue weighted by atomic mass is 9.78. The molecule has 2 fully saturated rings. The van der Waals surface area contributed by atoms with Crippen LogP contribution in [0.2, 0.25) is 0 Å². The number of amides is 1. The topological polar surface area (TPSA) is 35.6 Å². The van der Waals surface area contributed by atoms with Crippen LogP contribution < -0.4 is 10.2 Å². The van der Waals surface area contributed by atoms with Gasteiger partial charge in [0.05, 0.1) is 6.04 Å². The molecular formula is C22H35N3O. The molecule has 1 aromatic carbocycles. The van der Waals surface area contributed by atoms with E-state index in [2.05, 4.69) is 67.1 Å². The zero-order chi connectivity index (χ0) is 18.7. The first-order valence-electron chi connectivity index (χ1n) is 10.3. The highest BCUT2D eigenvalue weighted by Crippen LogP contribution is 2.29. The van der Waals surface area contributed by atoms with Gasteiger partial charge in [0.25, 0.3) is 0 Å². The van der Waals surface area contributed by atoms with Crippen molar-refractivity contribution in [1.29, 1.82) is 0 Å². The van der Waals surface area contributed by atoms with Gasteiger partial charge in [0, 0.05) is 37.9 Å². The number of para-hydroxylation sites is 1. The summed E-state index contributed by atoms with van der Waals surface area (Å²) in [7, 11) is 0. The molecule has 1 N–H and O–H groups in total. The third-order valence-electron chi connectivity index (χ3n) is 6.73. The summed E-state index contributed by atoms with van der Waals surface area (Å²) in [4.78, 5) is 17.6. The number of carbonyl (C=O) groups excluding carboxylic acids is 1. The third kappa shape index (κ3) is 4.22. The van der Waals surface area contributed by atoms with Gasteiger partial charge in [0.1, 0.15) is 0 Å². The van der Waals surface area contributed by atoms with Crippen molar-refractivity contribution >= 4 is 11.6 Å². The van der Waals surface area contributed by atoms with Crippen molar-refractivity contribution in [2.24, 2.45) is 11.8 Å². The summed E-state index contributed by atoms with van der Waals surface area (Å²) in [5.41, 5.74) is 2.65. The number of carbonyl (C=O) groups is 1. The Hall–Kier alpha value is -1.55. The van der Waals surface area contributed by atoms with Gasteiger partial charge in [-0.25, -0.2) is 0 Å². The molecule has 1 heterocycles. The van der Waals surface area contributed by atoms with E-state index in [-0.39, 0.29) is 11.9 Å². The zero-order valence-electron chi connectivity index (χ0n) is 16.9. The molecule has 2 aliphatic rings. The number of anilines is 1. The molecule has 1 aliphatic carbocycles. The van der Waals surface area contributed by atoms with Crippen LogP contribution >= 0.6 is 0 Å². The Balaban J connectivity index is 1.52. The number of nitrogens with one attached hydrogen (secondary N) is 1. The van der Waals surface area contributed by atoms with Gasteiger partial charge >= 0.3 is 0 Å². The lowest BCUT2D eigenvalue weighted by Gasteiger charge is -2.40. The van der Waals surface area contributed by atoms with Gasteiger partial charge in [0.15, 0.2) is 0 Å². The minimum absolute atomic E-state index is 0.0431. The zero-order valence-corrected chi connectivity index (χ0v) is 16.9. The Labute approximate surface area is 158 Å². The van der Waals surface area contributed by atoms with E-state index in [4.69, 9.17) is 0 Å². The number of piperazine rings is 1. The van der Waals surface area contributed by atoms with Crippen LogP contribution in [0, 0.1) is 18.8 Å². The summed E-state index contributed by atoms with van der Waals surface area (Å²) >= 11 is 0. The van der Waals surface area contributed by atoms with Gasteiger partial charge in [-0.05, 0) is 43.7 Å². The first-order chi connectivity index (χ1) is 12.5. The maximum Gasteiger partial charge on any atom is 0.237 e. The second kappa shape index (κ2) is 8.43. The monoisotopic (exact) mass is 357 g/mol. The Morgan fingerprint density at radius 1 is 1.12 bits per heavy atom. The second-order valence-corrected chi connectivity index (χ2v) is 8.37. The van der Waals surface area contributed by atoms with E-state index in [1.165, 1.54) is 24.1 Å². The fraction of sp³-hybridized carbons (Fsp3) is 0.682. The maximum atomic E-state index is 12.8. The van der Waals surface area contributed by atoms with Gasteiger partial charge in [-0.15, -0.1) is 0 Å². The van der Waals surface area contributed by atoms with Crippen LogP contribution in [0.25, 0.3) is 0 Å². The SMILES string of the molecule is Cc1ccccc1N1CCN([C@H](C)C(=O)N[C@H]2CCC[C@H](C)[C@@H]2C)CC1. The molecule has 144 valence electrons. The molecular weight excluding hydrogens is 322 g/mol. The molecule has 1 amide bonds. The van der Waals surface area contributed by atoms with E-state index < -0.39 is 0 Å². The van der Waals surface area contributed by atoms with E-state index >= 15 is 0 Å². The summed E-state index contributed by atoms with van der Waals surface area (Å²) in [6.45, 7) is 12.7. The minimum Gasteiger partial charge on any atom is -0.369 e. The second-order valence-electron chi connectivity index (χ2n) is 8.37. The van der Waals surface area contributed by atoms with Crippen LogP contribution in [0.3, 0.4) is 0 Å². The molecule has 1 aromatic rings. The fourth-order valence-corrected chi connectivity index (χ4v) is 4.52. The van der Waals surface area contributed by atoms with Crippen LogP contribution in [0.5, 0.6) is 0 Å². The van der Waals surface area contributed by atoms with Gasteiger partial charge in [-0.1, -0.05) is 44.9 Å². The largest absolute Gasteiger partial charge is 0.369 e. The molecule has 4 heteroatoms. The molecule has 0 aromatic heterocycles. The first kappa shape index (κ1) is 19.2. The Morgan fingerprint density at radius 3 is 2.50 bits per heavy atom. The maximum absolute atomic E-state index is 12.8. The van der Waals surface area contributed by atoms with Crippen molar-refractivity contribution in [3.05, 3.63) is 29.8 Å². The summed E-state index contributed by atoms with van der Waals surface area (Å²) < 4.78 is 0. The number of hydrogen-bond donors (Lipinski definition) is 1. The van der Waals surface area contributed by atoms with Crippen molar-refractivity contribution < 1.29 is 4.79 Å². The normalized spacial score (nSPS) is 28.6. The Kier molecular flexibility index (Phi) is 6.23. The molecule has 1 saturated carbocycles. The van der Waals surface area contributed by atoms with Crippen LogP contribution in [-0.2, 0) is 4.79 Å². The quantitative estimate of drug-likeness (QED) is 0.896. The summed E-state index contributed by atoms with van der Waals surface area (Å²) in [6.07, 6.45) is 3.66. The summed E-state index contributed by atoms with van der Waals surface area (Å²) in [6, 6.07) is 8.88. The number of hydrogen-bond acceptors (Lipinski definition) is 3. The lowest BCUT2D eigenvalue weighted by Crippen LogP contribution is -2.56. The number of rotatable bonds is 4. The van der Waals surface area contributed by atoms with Crippen LogP contribution in [0.1, 0.15) is 45.6 Å². The Bertz CT molecular complexity index is 609. The third-order valence-corrected chi connectivity index (χ3v) is 6.73. The van der Waals surface area contributed by atoms with Gasteiger partial charge in [0.2, 0.25) is 5.91 Å². The van der Waals surface area contributed by atoms with Crippen molar-refractivity contribution in [3.8, 4) is 0 Å². The highest BCUT2D eigenvalue weighted by atomic mass is 16.2. The Morgan fingerprint density at radius 2 is 1.81 bits per heavy atom. The smallest absolute Gasteiger partial charge is 0.237 e. The number of nitrogens with zero attached hydrogens (tertiary/aromatic N) is 2. The number of aryl methyl sites for hydroxylation is 1. The van der Waals surface area contributed by atoms with Crippen LogP contribution in [0.15, 0.2) is 24.3 Å². The fourth-order valence-electron chi connectivity index (χ4n) is 4.52. The van der Waals surface area contributed by atoms with E-state index in [9.17, 15) is 4.79 Å².